The van der Waals surface area contributed by atoms with Gasteiger partial charge in [0.25, 0.3) is 5.82 Å². The summed E-state index contributed by atoms with van der Waals surface area (Å²) >= 11 is 4.50. The summed E-state index contributed by atoms with van der Waals surface area (Å²) in [5, 5.41) is 3.67. The van der Waals surface area contributed by atoms with E-state index in [2.05, 4.69) is 22.7 Å². The van der Waals surface area contributed by atoms with Crippen molar-refractivity contribution in [1.29, 1.82) is 0 Å². The van der Waals surface area contributed by atoms with Crippen molar-refractivity contribution in [3.8, 4) is 5.69 Å². The summed E-state index contributed by atoms with van der Waals surface area (Å²) < 4.78 is 40.1. The van der Waals surface area contributed by atoms with Crippen molar-refractivity contribution >= 4 is 18.6 Å². The fraction of sp³-hybridized carbons (Fsp3) is 0.467. The second kappa shape index (κ2) is 5.43. The maximum Gasteiger partial charge on any atom is 0.453 e. The number of aryl methyl sites for hydroxylation is 1. The first-order valence-corrected chi connectivity index (χ1v) is 7.68. The number of nitrogens with zero attached hydrogens (tertiary/aromatic N) is 4. The number of anilines is 1. The lowest BCUT2D eigenvalue weighted by molar-refractivity contribution is -0.144. The lowest BCUT2D eigenvalue weighted by Crippen LogP contribution is -2.16. The zero-order valence-electron chi connectivity index (χ0n) is 13.0. The predicted octanol–water partition coefficient (Wildman–Crippen LogP) is 3.83. The number of hydrogen-bond donors (Lipinski definition) is 1. The van der Waals surface area contributed by atoms with Crippen molar-refractivity contribution in [3.63, 3.8) is 0 Å². The molecule has 0 unspecified atom stereocenters. The van der Waals surface area contributed by atoms with E-state index < -0.39 is 12.0 Å². The highest BCUT2D eigenvalue weighted by Crippen LogP contribution is 2.44. The van der Waals surface area contributed by atoms with Gasteiger partial charge in [0.05, 0.1) is 5.69 Å². The van der Waals surface area contributed by atoms with Gasteiger partial charge in [-0.3, -0.25) is 0 Å². The zero-order valence-corrected chi connectivity index (χ0v) is 13.9. The molecule has 1 aliphatic carbocycles. The number of benzene rings is 1. The minimum absolute atomic E-state index is 0.132. The van der Waals surface area contributed by atoms with Crippen molar-refractivity contribution in [2.24, 2.45) is 0 Å². The number of halogens is 3. The van der Waals surface area contributed by atoms with Crippen LogP contribution < -0.4 is 4.90 Å². The molecule has 0 N–H and O–H groups in total. The molecule has 0 saturated heterocycles. The molecule has 0 bridgehead atoms. The largest absolute Gasteiger partial charge is 0.453 e. The predicted molar refractivity (Wildman–Crippen MR) is 84.7 cm³/mol. The van der Waals surface area contributed by atoms with Crippen LogP contribution in [0.5, 0.6) is 0 Å². The van der Waals surface area contributed by atoms with Crippen molar-refractivity contribution < 1.29 is 13.2 Å². The maximum absolute atomic E-state index is 12.9. The highest BCUT2D eigenvalue weighted by Gasteiger charge is 2.38. The highest BCUT2D eigenvalue weighted by molar-refractivity contribution is 7.80. The van der Waals surface area contributed by atoms with Crippen LogP contribution in [-0.4, -0.2) is 28.9 Å². The summed E-state index contributed by atoms with van der Waals surface area (Å²) in [4.78, 5) is 5.91. The Hall–Kier alpha value is -1.70. The van der Waals surface area contributed by atoms with Gasteiger partial charge in [-0.15, -0.1) is 17.7 Å². The summed E-state index contributed by atoms with van der Waals surface area (Å²) in [6, 6.07) is 3.76. The van der Waals surface area contributed by atoms with Gasteiger partial charge in [-0.1, -0.05) is 6.07 Å². The van der Waals surface area contributed by atoms with E-state index in [0.717, 1.165) is 28.9 Å². The lowest BCUT2D eigenvalue weighted by Gasteiger charge is -2.16. The van der Waals surface area contributed by atoms with E-state index in [1.54, 1.807) is 20.2 Å². The second-order valence-corrected chi connectivity index (χ2v) is 6.49. The van der Waals surface area contributed by atoms with Crippen molar-refractivity contribution in [3.05, 3.63) is 29.1 Å². The molecule has 0 radical (unpaired) electrons. The zero-order chi connectivity index (χ0) is 16.9. The van der Waals surface area contributed by atoms with Crippen LogP contribution in [0, 0.1) is 6.92 Å². The molecule has 3 rings (SSSR count). The molecule has 0 aliphatic heterocycles. The maximum atomic E-state index is 12.9. The van der Waals surface area contributed by atoms with Crippen LogP contribution >= 0.6 is 12.6 Å². The van der Waals surface area contributed by atoms with Crippen LogP contribution in [0.15, 0.2) is 17.0 Å². The molecule has 4 nitrogen and oxygen atoms in total. The summed E-state index contributed by atoms with van der Waals surface area (Å²) in [5.74, 6) is -0.495. The van der Waals surface area contributed by atoms with E-state index in [1.165, 1.54) is 9.58 Å². The van der Waals surface area contributed by atoms with E-state index in [4.69, 9.17) is 0 Å². The molecule has 1 fully saturated rings. The Morgan fingerprint density at radius 3 is 2.43 bits per heavy atom. The Bertz CT molecular complexity index is 748. The quantitative estimate of drug-likeness (QED) is 0.861. The molecule has 1 aliphatic rings. The topological polar surface area (TPSA) is 34.0 Å². The summed E-state index contributed by atoms with van der Waals surface area (Å²) in [6.07, 6.45) is -2.31. The number of rotatable bonds is 3. The standard InChI is InChI=1S/C15H17F3N4S/c1-8-6-10(9-4-5-9)12(23)7-11(8)22-14(21(2)3)19-13(20-22)15(16,17)18/h6-7,9,23H,4-5H2,1-3H3. The second-order valence-electron chi connectivity index (χ2n) is 6.01. The molecule has 0 amide bonds. The lowest BCUT2D eigenvalue weighted by atomic mass is 10.1. The van der Waals surface area contributed by atoms with Gasteiger partial charge in [-0.2, -0.15) is 22.8 Å². The molecule has 8 heteroatoms. The number of hydrogen-bond acceptors (Lipinski definition) is 4. The van der Waals surface area contributed by atoms with Gasteiger partial charge < -0.3 is 4.90 Å². The van der Waals surface area contributed by atoms with E-state index in [9.17, 15) is 13.2 Å². The van der Waals surface area contributed by atoms with Crippen LogP contribution in [-0.2, 0) is 6.18 Å². The Kier molecular flexibility index (Phi) is 3.82. The normalized spacial score (nSPS) is 15.1. The van der Waals surface area contributed by atoms with Crippen molar-refractivity contribution in [1.82, 2.24) is 14.8 Å². The SMILES string of the molecule is Cc1cc(C2CC2)c(S)cc1-n1nc(C(F)(F)F)nc1N(C)C. The molecule has 1 heterocycles. The molecule has 0 atom stereocenters. The van der Waals surface area contributed by atoms with E-state index in [1.807, 2.05) is 13.0 Å². The monoisotopic (exact) mass is 342 g/mol. The van der Waals surface area contributed by atoms with Gasteiger partial charge in [-0.05, 0) is 42.9 Å². The Labute approximate surface area is 137 Å². The van der Waals surface area contributed by atoms with Gasteiger partial charge in [-0.25, -0.2) is 0 Å². The molecule has 1 aromatic heterocycles. The van der Waals surface area contributed by atoms with Crippen LogP contribution in [0.3, 0.4) is 0 Å². The van der Waals surface area contributed by atoms with Crippen LogP contribution in [0.25, 0.3) is 5.69 Å². The van der Waals surface area contributed by atoms with Crippen LogP contribution in [0.2, 0.25) is 0 Å². The molecule has 0 spiro atoms. The Balaban J connectivity index is 2.14. The number of thiol groups is 1. The first-order chi connectivity index (χ1) is 10.7. The van der Waals surface area contributed by atoms with Crippen LogP contribution in [0.4, 0.5) is 19.1 Å². The first-order valence-electron chi connectivity index (χ1n) is 7.24. The van der Waals surface area contributed by atoms with Gasteiger partial charge in [0.1, 0.15) is 0 Å². The fourth-order valence-electron chi connectivity index (χ4n) is 2.53. The molecule has 1 aromatic carbocycles. The molecule has 1 saturated carbocycles. The van der Waals surface area contributed by atoms with Crippen molar-refractivity contribution in [2.45, 2.75) is 36.8 Å². The summed E-state index contributed by atoms with van der Waals surface area (Å²) in [6.45, 7) is 1.86. The smallest absolute Gasteiger partial charge is 0.347 e. The number of alkyl halides is 3. The van der Waals surface area contributed by atoms with E-state index >= 15 is 0 Å². The van der Waals surface area contributed by atoms with Crippen molar-refractivity contribution in [2.75, 3.05) is 19.0 Å². The molecule has 124 valence electrons. The molecule has 2 aromatic rings. The number of aromatic nitrogens is 3. The van der Waals surface area contributed by atoms with E-state index in [-0.39, 0.29) is 5.95 Å². The van der Waals surface area contributed by atoms with Gasteiger partial charge in [0.15, 0.2) is 0 Å². The third-order valence-corrected chi connectivity index (χ3v) is 4.22. The van der Waals surface area contributed by atoms with E-state index in [0.29, 0.717) is 11.6 Å². The molecular weight excluding hydrogens is 325 g/mol. The average molecular weight is 342 g/mol. The average Bonchev–Trinajstić information content (AvgIpc) is 3.16. The Morgan fingerprint density at radius 1 is 1.26 bits per heavy atom. The minimum Gasteiger partial charge on any atom is -0.347 e. The third kappa shape index (κ3) is 3.04. The summed E-state index contributed by atoms with van der Waals surface area (Å²) in [5.41, 5.74) is 2.56. The minimum atomic E-state index is -4.58. The Morgan fingerprint density at radius 2 is 1.91 bits per heavy atom. The van der Waals surface area contributed by atoms with Gasteiger partial charge in [0.2, 0.25) is 5.95 Å². The first kappa shape index (κ1) is 16.2. The molecular formula is C15H17F3N4S. The molecule has 23 heavy (non-hydrogen) atoms. The third-order valence-electron chi connectivity index (χ3n) is 3.83. The van der Waals surface area contributed by atoms with Gasteiger partial charge in [0, 0.05) is 19.0 Å². The van der Waals surface area contributed by atoms with Gasteiger partial charge >= 0.3 is 6.18 Å². The van der Waals surface area contributed by atoms with Crippen LogP contribution in [0.1, 0.15) is 35.7 Å². The fourth-order valence-corrected chi connectivity index (χ4v) is 2.90. The summed E-state index contributed by atoms with van der Waals surface area (Å²) in [7, 11) is 3.27. The highest BCUT2D eigenvalue weighted by atomic mass is 32.1.